The fourth-order valence-corrected chi connectivity index (χ4v) is 8.78. The first-order valence-electron chi connectivity index (χ1n) is 12.7. The van der Waals surface area contributed by atoms with Crippen LogP contribution in [-0.4, -0.2) is 22.4 Å². The molecule has 166 valence electrons. The number of hydrogen-bond acceptors (Lipinski definition) is 2. The molecule has 2 nitrogen and oxygen atoms in total. The summed E-state index contributed by atoms with van der Waals surface area (Å²) in [5.74, 6) is 4.70. The molecule has 0 aromatic rings. The first-order chi connectivity index (χ1) is 13.7. The molecule has 0 amide bonds. The second kappa shape index (κ2) is 7.97. The SMILES string of the molecule is CC(C)CCC[C@@H](C)[C@H]1CC[C@H]2[C@@H]3CC(O)C4=C[C@@H](O)CC[C@]4(C)[C@H]3CC[C@]12C. The van der Waals surface area contributed by atoms with Crippen molar-refractivity contribution in [2.75, 3.05) is 0 Å². The normalized spacial score (nSPS) is 47.9. The fourth-order valence-electron chi connectivity index (χ4n) is 8.78. The molecule has 0 aliphatic heterocycles. The minimum absolute atomic E-state index is 0.115. The quantitative estimate of drug-likeness (QED) is 0.525. The molecule has 0 bridgehead atoms. The highest BCUT2D eigenvalue weighted by Gasteiger charge is 2.60. The maximum atomic E-state index is 11.1. The maximum Gasteiger partial charge on any atom is 0.0759 e. The van der Waals surface area contributed by atoms with E-state index in [1.807, 2.05) is 6.08 Å². The van der Waals surface area contributed by atoms with Crippen LogP contribution in [0.15, 0.2) is 11.6 Å². The summed E-state index contributed by atoms with van der Waals surface area (Å²) in [6, 6.07) is 0. The van der Waals surface area contributed by atoms with Gasteiger partial charge in [-0.15, -0.1) is 0 Å². The van der Waals surface area contributed by atoms with E-state index in [0.29, 0.717) is 17.3 Å². The Morgan fingerprint density at radius 2 is 1.72 bits per heavy atom. The van der Waals surface area contributed by atoms with Gasteiger partial charge in [0.2, 0.25) is 0 Å². The summed E-state index contributed by atoms with van der Waals surface area (Å²) in [5.41, 5.74) is 1.77. The number of rotatable bonds is 5. The summed E-state index contributed by atoms with van der Waals surface area (Å²) in [6.45, 7) is 12.3. The second-order valence-electron chi connectivity index (χ2n) is 12.3. The lowest BCUT2D eigenvalue weighted by Crippen LogP contribution is -2.54. The van der Waals surface area contributed by atoms with E-state index >= 15 is 0 Å². The zero-order valence-corrected chi connectivity index (χ0v) is 19.7. The minimum atomic E-state index is -0.347. The molecule has 0 heterocycles. The van der Waals surface area contributed by atoms with E-state index in [1.54, 1.807) is 0 Å². The summed E-state index contributed by atoms with van der Waals surface area (Å²) in [4.78, 5) is 0. The lowest BCUT2D eigenvalue weighted by atomic mass is 9.46. The molecule has 2 N–H and O–H groups in total. The molecular weight excluding hydrogens is 356 g/mol. The largest absolute Gasteiger partial charge is 0.389 e. The Balaban J connectivity index is 1.52. The van der Waals surface area contributed by atoms with Crippen molar-refractivity contribution < 1.29 is 10.2 Å². The van der Waals surface area contributed by atoms with Crippen LogP contribution in [0.2, 0.25) is 0 Å². The molecule has 4 aliphatic carbocycles. The summed E-state index contributed by atoms with van der Waals surface area (Å²) in [5, 5.41) is 21.3. The first-order valence-corrected chi connectivity index (χ1v) is 12.7. The summed E-state index contributed by atoms with van der Waals surface area (Å²) in [7, 11) is 0. The lowest BCUT2D eigenvalue weighted by Gasteiger charge is -2.60. The molecule has 3 fully saturated rings. The third-order valence-electron chi connectivity index (χ3n) is 10.3. The van der Waals surface area contributed by atoms with Crippen molar-refractivity contribution >= 4 is 0 Å². The fraction of sp³-hybridized carbons (Fsp3) is 0.926. The van der Waals surface area contributed by atoms with Gasteiger partial charge in [0.05, 0.1) is 12.2 Å². The van der Waals surface area contributed by atoms with Gasteiger partial charge >= 0.3 is 0 Å². The Morgan fingerprint density at radius 1 is 0.966 bits per heavy atom. The van der Waals surface area contributed by atoms with Gasteiger partial charge in [0.25, 0.3) is 0 Å². The van der Waals surface area contributed by atoms with Gasteiger partial charge in [-0.3, -0.25) is 0 Å². The molecule has 3 saturated carbocycles. The van der Waals surface area contributed by atoms with E-state index in [9.17, 15) is 10.2 Å². The Bertz CT molecular complexity index is 624. The van der Waals surface area contributed by atoms with Crippen molar-refractivity contribution in [3.63, 3.8) is 0 Å². The van der Waals surface area contributed by atoms with E-state index in [1.165, 1.54) is 50.5 Å². The molecular formula is C27H46O2. The smallest absolute Gasteiger partial charge is 0.0759 e. The van der Waals surface area contributed by atoms with Gasteiger partial charge in [-0.1, -0.05) is 60.0 Å². The predicted octanol–water partition coefficient (Wildman–Crippen LogP) is 6.36. The molecule has 0 aromatic heterocycles. The second-order valence-corrected chi connectivity index (χ2v) is 12.3. The van der Waals surface area contributed by atoms with Crippen molar-refractivity contribution in [2.45, 2.75) is 111 Å². The van der Waals surface area contributed by atoms with Crippen LogP contribution >= 0.6 is 0 Å². The van der Waals surface area contributed by atoms with Crippen molar-refractivity contribution in [2.24, 2.45) is 46.3 Å². The first kappa shape index (κ1) is 21.9. The van der Waals surface area contributed by atoms with E-state index < -0.39 is 0 Å². The highest BCUT2D eigenvalue weighted by atomic mass is 16.3. The van der Waals surface area contributed by atoms with Crippen LogP contribution in [0, 0.1) is 46.3 Å². The monoisotopic (exact) mass is 402 g/mol. The van der Waals surface area contributed by atoms with Crippen molar-refractivity contribution in [1.29, 1.82) is 0 Å². The van der Waals surface area contributed by atoms with Crippen LogP contribution < -0.4 is 0 Å². The highest BCUT2D eigenvalue weighted by molar-refractivity contribution is 5.29. The molecule has 1 unspecified atom stereocenters. The Morgan fingerprint density at radius 3 is 2.45 bits per heavy atom. The minimum Gasteiger partial charge on any atom is -0.389 e. The molecule has 0 spiro atoms. The molecule has 29 heavy (non-hydrogen) atoms. The molecule has 0 aromatic carbocycles. The molecule has 0 radical (unpaired) electrons. The van der Waals surface area contributed by atoms with E-state index in [-0.39, 0.29) is 17.6 Å². The summed E-state index contributed by atoms with van der Waals surface area (Å²) >= 11 is 0. The van der Waals surface area contributed by atoms with Crippen LogP contribution in [0.3, 0.4) is 0 Å². The zero-order valence-electron chi connectivity index (χ0n) is 19.7. The molecule has 4 rings (SSSR count). The van der Waals surface area contributed by atoms with Gasteiger partial charge in [0.15, 0.2) is 0 Å². The highest BCUT2D eigenvalue weighted by Crippen LogP contribution is 2.67. The number of aliphatic hydroxyl groups is 2. The van der Waals surface area contributed by atoms with Gasteiger partial charge in [-0.05, 0) is 96.9 Å². The molecule has 4 aliphatic rings. The summed E-state index contributed by atoms with van der Waals surface area (Å²) in [6.07, 6.45) is 13.8. The van der Waals surface area contributed by atoms with Crippen LogP contribution in [0.5, 0.6) is 0 Å². The Kier molecular flexibility index (Phi) is 6.01. The standard InChI is InChI=1S/C27H46O2/c1-17(2)7-6-8-18(3)21-9-10-22-20-16-25(29)24-15-19(28)11-13-27(24,5)23(20)12-14-26(21,22)4/h15,17-23,25,28-29H,6-14,16H2,1-5H3/t18-,19+,20+,21-,22+,23+,25?,26-,27-/m1/s1. The van der Waals surface area contributed by atoms with Crippen LogP contribution in [0.4, 0.5) is 0 Å². The van der Waals surface area contributed by atoms with Crippen molar-refractivity contribution in [3.05, 3.63) is 11.6 Å². The number of hydrogen-bond donors (Lipinski definition) is 2. The van der Waals surface area contributed by atoms with Crippen molar-refractivity contribution in [3.8, 4) is 0 Å². The van der Waals surface area contributed by atoms with Crippen molar-refractivity contribution in [1.82, 2.24) is 0 Å². The number of aliphatic hydroxyl groups excluding tert-OH is 2. The third-order valence-corrected chi connectivity index (χ3v) is 10.3. The van der Waals surface area contributed by atoms with E-state index in [0.717, 1.165) is 42.9 Å². The van der Waals surface area contributed by atoms with Crippen LogP contribution in [0.1, 0.15) is 98.8 Å². The van der Waals surface area contributed by atoms with Crippen LogP contribution in [-0.2, 0) is 0 Å². The Hall–Kier alpha value is -0.340. The average molecular weight is 403 g/mol. The van der Waals surface area contributed by atoms with Gasteiger partial charge in [0, 0.05) is 0 Å². The van der Waals surface area contributed by atoms with Gasteiger partial charge in [-0.2, -0.15) is 0 Å². The topological polar surface area (TPSA) is 40.5 Å². The van der Waals surface area contributed by atoms with Crippen LogP contribution in [0.25, 0.3) is 0 Å². The molecule has 2 heteroatoms. The molecule has 0 saturated heterocycles. The predicted molar refractivity (Wildman–Crippen MR) is 120 cm³/mol. The maximum absolute atomic E-state index is 11.1. The summed E-state index contributed by atoms with van der Waals surface area (Å²) < 4.78 is 0. The zero-order chi connectivity index (χ0) is 21.0. The van der Waals surface area contributed by atoms with Gasteiger partial charge in [-0.25, -0.2) is 0 Å². The van der Waals surface area contributed by atoms with Gasteiger partial charge < -0.3 is 10.2 Å². The van der Waals surface area contributed by atoms with Gasteiger partial charge in [0.1, 0.15) is 0 Å². The molecule has 9 atom stereocenters. The lowest BCUT2D eigenvalue weighted by molar-refractivity contribution is -0.0874. The third kappa shape index (κ3) is 3.65. The Labute approximate surface area is 179 Å². The number of fused-ring (bicyclic) bond motifs is 5. The van der Waals surface area contributed by atoms with E-state index in [2.05, 4.69) is 34.6 Å². The average Bonchev–Trinajstić information content (AvgIpc) is 3.00. The van der Waals surface area contributed by atoms with E-state index in [4.69, 9.17) is 0 Å².